The van der Waals surface area contributed by atoms with E-state index in [1.165, 1.54) is 17.0 Å². The Balaban J connectivity index is 2.62. The van der Waals surface area contributed by atoms with Crippen LogP contribution in [0.15, 0.2) is 75.9 Å². The van der Waals surface area contributed by atoms with Crippen LogP contribution < -0.4 is 0 Å². The summed E-state index contributed by atoms with van der Waals surface area (Å²) in [6.45, 7) is 3.17. The second-order valence-electron chi connectivity index (χ2n) is 7.57. The summed E-state index contributed by atoms with van der Waals surface area (Å²) in [5.74, 6) is -4.79. The number of esters is 3. The molecule has 0 bridgehead atoms. The molecule has 1 N–H and O–H groups in total. The third-order valence-corrected chi connectivity index (χ3v) is 5.74. The van der Waals surface area contributed by atoms with Crippen LogP contribution in [0.5, 0.6) is 0 Å². The van der Waals surface area contributed by atoms with Gasteiger partial charge in [-0.05, 0) is 13.8 Å². The summed E-state index contributed by atoms with van der Waals surface area (Å²) in [5, 5.41) is 10.8. The van der Waals surface area contributed by atoms with Crippen molar-refractivity contribution in [2.75, 3.05) is 28.4 Å². The van der Waals surface area contributed by atoms with Gasteiger partial charge in [-0.1, -0.05) is 30.3 Å². The van der Waals surface area contributed by atoms with Crippen LogP contribution in [0.25, 0.3) is 0 Å². The Morgan fingerprint density at radius 3 is 1.94 bits per heavy atom. The molecule has 0 aromatic heterocycles. The number of carbonyl (C=O) groups is 4. The average molecular weight is 499 g/mol. The Bertz CT molecular complexity index is 1250. The Hall–Kier alpha value is -4.54. The van der Waals surface area contributed by atoms with Crippen LogP contribution in [0.2, 0.25) is 0 Å². The van der Waals surface area contributed by atoms with E-state index in [0.717, 1.165) is 28.4 Å². The van der Waals surface area contributed by atoms with Gasteiger partial charge in [-0.3, -0.25) is 9.69 Å². The van der Waals surface area contributed by atoms with Crippen LogP contribution in [0.4, 0.5) is 0 Å². The molecule has 11 heteroatoms. The first-order valence-electron chi connectivity index (χ1n) is 10.6. The second kappa shape index (κ2) is 10.4. The quantitative estimate of drug-likeness (QED) is 0.267. The van der Waals surface area contributed by atoms with Gasteiger partial charge in [0.05, 0.1) is 56.4 Å². The van der Waals surface area contributed by atoms with Gasteiger partial charge in [0.1, 0.15) is 5.76 Å². The normalized spacial score (nSPS) is 18.7. The number of Topliss-reactive ketones (excluding diaryl/α,β-unsaturated/α-hetero) is 1. The molecule has 0 spiro atoms. The van der Waals surface area contributed by atoms with Gasteiger partial charge in [0.15, 0.2) is 11.8 Å². The number of ether oxygens (including phenoxy) is 5. The van der Waals surface area contributed by atoms with Crippen molar-refractivity contribution in [3.8, 4) is 0 Å². The van der Waals surface area contributed by atoms with Crippen LogP contribution in [0, 0.1) is 0 Å². The minimum Gasteiger partial charge on any atom is -0.481 e. The molecule has 2 heterocycles. The van der Waals surface area contributed by atoms with E-state index in [1.807, 2.05) is 0 Å². The molecule has 2 aliphatic rings. The topological polar surface area (TPSA) is 138 Å². The maximum absolute atomic E-state index is 13.9. The van der Waals surface area contributed by atoms with Gasteiger partial charge in [-0.2, -0.15) is 0 Å². The summed E-state index contributed by atoms with van der Waals surface area (Å²) in [6.07, 6.45) is 0. The smallest absolute Gasteiger partial charge is 0.339 e. The van der Waals surface area contributed by atoms with Crippen molar-refractivity contribution < 1.29 is 48.0 Å². The number of nitrogens with zero attached hydrogens (tertiary/aromatic N) is 1. The highest BCUT2D eigenvalue weighted by molar-refractivity contribution is 6.21. The fourth-order valence-corrected chi connectivity index (χ4v) is 3.94. The Kier molecular flexibility index (Phi) is 7.52. The minimum atomic E-state index is -1.61. The summed E-state index contributed by atoms with van der Waals surface area (Å²) in [7, 11) is 4.26. The highest BCUT2D eigenvalue weighted by Gasteiger charge is 2.51. The summed E-state index contributed by atoms with van der Waals surface area (Å²) in [4.78, 5) is 54.7. The van der Waals surface area contributed by atoms with Crippen molar-refractivity contribution in [3.63, 3.8) is 0 Å². The zero-order valence-corrected chi connectivity index (χ0v) is 20.5. The number of hydrogen-bond donors (Lipinski definition) is 1. The molecule has 1 aromatic rings. The first-order valence-corrected chi connectivity index (χ1v) is 10.6. The number of carbonyl (C=O) groups excluding carboxylic acids is 4. The molecule has 3 rings (SSSR count). The lowest BCUT2D eigenvalue weighted by Crippen LogP contribution is -2.42. The van der Waals surface area contributed by atoms with Gasteiger partial charge in [0, 0.05) is 5.56 Å². The number of aliphatic hydroxyl groups is 1. The maximum Gasteiger partial charge on any atom is 0.339 e. The van der Waals surface area contributed by atoms with E-state index >= 15 is 0 Å². The third kappa shape index (κ3) is 4.19. The Labute approximate surface area is 206 Å². The second-order valence-corrected chi connectivity index (χ2v) is 7.57. The molecular weight excluding hydrogens is 474 g/mol. The van der Waals surface area contributed by atoms with Crippen LogP contribution in [0.3, 0.4) is 0 Å². The zero-order chi connectivity index (χ0) is 26.7. The molecule has 1 aromatic carbocycles. The van der Waals surface area contributed by atoms with E-state index in [-0.39, 0.29) is 11.4 Å². The summed E-state index contributed by atoms with van der Waals surface area (Å²) >= 11 is 0. The molecule has 0 amide bonds. The molecule has 11 nitrogen and oxygen atoms in total. The molecule has 0 saturated carbocycles. The fraction of sp³-hybridized carbons (Fsp3) is 0.280. The summed E-state index contributed by atoms with van der Waals surface area (Å²) in [6, 6.07) is 6.30. The first-order chi connectivity index (χ1) is 17.1. The molecule has 0 radical (unpaired) electrons. The minimum absolute atomic E-state index is 0.148. The van der Waals surface area contributed by atoms with Crippen LogP contribution in [0.1, 0.15) is 24.2 Å². The number of hydrogen-bond acceptors (Lipinski definition) is 11. The number of rotatable bonds is 6. The molecule has 0 saturated heterocycles. The lowest BCUT2D eigenvalue weighted by Gasteiger charge is -2.29. The Morgan fingerprint density at radius 2 is 1.42 bits per heavy atom. The summed E-state index contributed by atoms with van der Waals surface area (Å²) in [5.41, 5.74) is -1.61. The third-order valence-electron chi connectivity index (χ3n) is 5.74. The zero-order valence-electron chi connectivity index (χ0n) is 20.5. The Morgan fingerprint density at radius 1 is 0.833 bits per heavy atom. The van der Waals surface area contributed by atoms with Crippen molar-refractivity contribution in [1.82, 2.24) is 4.90 Å². The highest BCUT2D eigenvalue weighted by Crippen LogP contribution is 2.44. The van der Waals surface area contributed by atoms with Gasteiger partial charge in [-0.25, -0.2) is 14.4 Å². The van der Waals surface area contributed by atoms with Crippen molar-refractivity contribution in [2.24, 2.45) is 0 Å². The van der Waals surface area contributed by atoms with Crippen molar-refractivity contribution in [3.05, 3.63) is 81.5 Å². The van der Waals surface area contributed by atoms with Crippen LogP contribution >= 0.6 is 0 Å². The number of fused-ring (bicyclic) bond motifs is 1. The molecule has 2 aliphatic heterocycles. The maximum atomic E-state index is 13.9. The van der Waals surface area contributed by atoms with Gasteiger partial charge in [-0.15, -0.1) is 0 Å². The molecule has 36 heavy (non-hydrogen) atoms. The van der Waals surface area contributed by atoms with Gasteiger partial charge in [0.2, 0.25) is 5.88 Å². The lowest BCUT2D eigenvalue weighted by molar-refractivity contribution is -0.144. The standard InChI is InChI=1S/C25H25NO10/c1-12-13(2)36-21-18(20(27)14-10-8-7-9-11-14)16(23(29)33-4)15(22(28)32-3)17(24(30)34-5)19(26(12)21)25(31)35-6/h7-11,19,30H,1-6H3/b24-17+. The van der Waals surface area contributed by atoms with Crippen LogP contribution in [-0.4, -0.2) is 68.2 Å². The molecule has 0 aliphatic carbocycles. The average Bonchev–Trinajstić information content (AvgIpc) is 3.11. The van der Waals surface area contributed by atoms with E-state index in [2.05, 4.69) is 0 Å². The van der Waals surface area contributed by atoms with Crippen molar-refractivity contribution in [1.29, 1.82) is 0 Å². The van der Waals surface area contributed by atoms with E-state index in [1.54, 1.807) is 32.0 Å². The highest BCUT2D eigenvalue weighted by atomic mass is 16.6. The monoisotopic (exact) mass is 499 g/mol. The summed E-state index contributed by atoms with van der Waals surface area (Å²) < 4.78 is 25.7. The van der Waals surface area contributed by atoms with E-state index in [0.29, 0.717) is 11.5 Å². The molecule has 0 fully saturated rings. The predicted octanol–water partition coefficient (Wildman–Crippen LogP) is 2.28. The molecule has 190 valence electrons. The lowest BCUT2D eigenvalue weighted by atomic mass is 9.89. The number of methoxy groups -OCH3 is 4. The molecule has 1 unspecified atom stereocenters. The predicted molar refractivity (Wildman–Crippen MR) is 123 cm³/mol. The number of aliphatic hydroxyl groups excluding tert-OH is 1. The van der Waals surface area contributed by atoms with Crippen molar-refractivity contribution in [2.45, 2.75) is 19.9 Å². The fourth-order valence-electron chi connectivity index (χ4n) is 3.94. The van der Waals surface area contributed by atoms with Gasteiger partial charge in [0.25, 0.3) is 5.95 Å². The number of benzene rings is 1. The van der Waals surface area contributed by atoms with Crippen LogP contribution in [-0.2, 0) is 38.1 Å². The molecular formula is C25H25NO10. The van der Waals surface area contributed by atoms with Crippen molar-refractivity contribution >= 4 is 23.7 Å². The van der Waals surface area contributed by atoms with E-state index in [4.69, 9.17) is 23.7 Å². The van der Waals surface area contributed by atoms with E-state index < -0.39 is 58.0 Å². The first kappa shape index (κ1) is 26.1. The van der Waals surface area contributed by atoms with E-state index in [9.17, 15) is 24.3 Å². The van der Waals surface area contributed by atoms with Gasteiger partial charge >= 0.3 is 17.9 Å². The SMILES string of the molecule is COC(=O)C1=C(C(=O)OC)/C(=C(/O)OC)C(C(=O)OC)N2C(C)=C(C)OC2=C1C(=O)c1ccccc1. The van der Waals surface area contributed by atoms with Gasteiger partial charge < -0.3 is 28.8 Å². The number of allylic oxidation sites excluding steroid dienone is 2. The largest absolute Gasteiger partial charge is 0.481 e. The number of ketones is 1. The molecule has 1 atom stereocenters.